The van der Waals surface area contributed by atoms with Crippen molar-refractivity contribution >= 4 is 33.0 Å². The Morgan fingerprint density at radius 2 is 1.45 bits per heavy atom. The Hall–Kier alpha value is -0.990. The minimum absolute atomic E-state index is 0.00348. The number of carbonyl (C=O) groups is 1. The van der Waals surface area contributed by atoms with Gasteiger partial charge in [-0.3, -0.25) is 4.79 Å². The summed E-state index contributed by atoms with van der Waals surface area (Å²) in [5.74, 6) is 0.460. The Morgan fingerprint density at radius 3 is 2.08 bits per heavy atom. The Balaban J connectivity index is 1.12. The lowest BCUT2D eigenvalue weighted by molar-refractivity contribution is -0.203. The van der Waals surface area contributed by atoms with E-state index in [1.54, 1.807) is 11.3 Å². The van der Waals surface area contributed by atoms with Crippen LogP contribution in [0, 0.1) is 11.8 Å². The van der Waals surface area contributed by atoms with Crippen LogP contribution < -0.4 is 0 Å². The molecule has 1 aromatic rings. The molecule has 5 aliphatic rings. The zero-order valence-corrected chi connectivity index (χ0v) is 34.0. The molecule has 1 aromatic heterocycles. The number of allylic oxidation sites excluding steroid dienone is 2. The minimum Gasteiger partial charge on any atom is -0.353 e. The molecule has 9 atom stereocenters. The summed E-state index contributed by atoms with van der Waals surface area (Å²) >= 11 is 5.41. The first-order chi connectivity index (χ1) is 26.1. The van der Waals surface area contributed by atoms with E-state index in [0.29, 0.717) is 6.42 Å². The van der Waals surface area contributed by atoms with Crippen molar-refractivity contribution in [2.24, 2.45) is 11.8 Å². The monoisotopic (exact) mass is 822 g/mol. The van der Waals surface area contributed by atoms with Crippen LogP contribution in [0.1, 0.15) is 120 Å². The second kappa shape index (κ2) is 23.3. The van der Waals surface area contributed by atoms with Gasteiger partial charge < -0.3 is 37.9 Å². The van der Waals surface area contributed by atoms with Crippen LogP contribution in [0.4, 0.5) is 0 Å². The summed E-state index contributed by atoms with van der Waals surface area (Å²) in [6, 6.07) is 4.32. The minimum atomic E-state index is -0.224. The standard InChI is InChI=1S/C42H63BrO9S/c43-38-24-22-33(53-38)21-19-32(50-40-16-6-10-26-46-40)20-23-35-34(14-4-2-1-3-13-31(44)30-49-39-15-5-9-25-45-39)36(51-41-17-7-11-27-47-41)29-37(35)52-42-18-8-12-28-48-42/h2,4,20,22-24,32,34-37,39-42H,1,3,5-19,21,25-30H2/b4-2-,23-20+/t32-,34+,35+,36-,37+,39?,40?,41?,42?/m0/s1. The van der Waals surface area contributed by atoms with Gasteiger partial charge in [0.1, 0.15) is 6.61 Å². The van der Waals surface area contributed by atoms with Crippen LogP contribution in [-0.2, 0) is 49.1 Å². The SMILES string of the molecule is O=C(CCC/C=C\C[C@@H]1[C@@H](/C=C/[C@H](CCc2ccc(Br)s2)OC2CCCCO2)[C@H](OC2CCCCO2)C[C@@H]1OC1CCCCO1)COC1CCCCO1. The van der Waals surface area contributed by atoms with Crippen LogP contribution in [0.25, 0.3) is 0 Å². The van der Waals surface area contributed by atoms with E-state index in [1.165, 1.54) is 4.88 Å². The molecule has 1 aliphatic carbocycles. The molecule has 1 saturated carbocycles. The first-order valence-electron chi connectivity index (χ1n) is 20.7. The van der Waals surface area contributed by atoms with Crippen molar-refractivity contribution in [1.29, 1.82) is 0 Å². The van der Waals surface area contributed by atoms with E-state index in [4.69, 9.17) is 37.9 Å². The van der Waals surface area contributed by atoms with Crippen molar-refractivity contribution in [3.63, 3.8) is 0 Å². The Bertz CT molecular complexity index is 1230. The summed E-state index contributed by atoms with van der Waals surface area (Å²) in [5.41, 5.74) is 0. The van der Waals surface area contributed by atoms with Gasteiger partial charge in [-0.1, -0.05) is 24.3 Å². The first-order valence-corrected chi connectivity index (χ1v) is 22.3. The smallest absolute Gasteiger partial charge is 0.158 e. The van der Waals surface area contributed by atoms with Crippen LogP contribution in [0.5, 0.6) is 0 Å². The predicted octanol–water partition coefficient (Wildman–Crippen LogP) is 9.60. The van der Waals surface area contributed by atoms with Gasteiger partial charge in [-0.05, 0) is 143 Å². The quantitative estimate of drug-likeness (QED) is 0.0943. The number of unbranched alkanes of at least 4 members (excludes halogenated alkanes) is 1. The highest BCUT2D eigenvalue weighted by molar-refractivity contribution is 9.11. The molecular formula is C42H63BrO9S. The number of thiophene rings is 1. The van der Waals surface area contributed by atoms with Gasteiger partial charge >= 0.3 is 0 Å². The summed E-state index contributed by atoms with van der Waals surface area (Å²) in [7, 11) is 0. The lowest BCUT2D eigenvalue weighted by Crippen LogP contribution is -2.31. The number of hydrogen-bond donors (Lipinski definition) is 0. The average Bonchev–Trinajstić information content (AvgIpc) is 3.76. The molecule has 0 aromatic carbocycles. The number of hydrogen-bond acceptors (Lipinski definition) is 10. The largest absolute Gasteiger partial charge is 0.353 e. The molecule has 11 heteroatoms. The van der Waals surface area contributed by atoms with Crippen molar-refractivity contribution in [2.45, 2.75) is 165 Å². The van der Waals surface area contributed by atoms with Crippen LogP contribution in [-0.4, -0.2) is 82.3 Å². The summed E-state index contributed by atoms with van der Waals surface area (Å²) in [6.07, 6.45) is 26.4. The van der Waals surface area contributed by atoms with Crippen molar-refractivity contribution in [3.8, 4) is 0 Å². The van der Waals surface area contributed by atoms with Crippen LogP contribution in [0.2, 0.25) is 0 Å². The molecule has 6 rings (SSSR count). The van der Waals surface area contributed by atoms with E-state index in [2.05, 4.69) is 52.4 Å². The third-order valence-electron chi connectivity index (χ3n) is 11.1. The van der Waals surface area contributed by atoms with Gasteiger partial charge in [0, 0.05) is 50.1 Å². The Labute approximate surface area is 329 Å². The molecule has 0 amide bonds. The van der Waals surface area contributed by atoms with E-state index in [9.17, 15) is 4.79 Å². The number of rotatable bonds is 20. The fraction of sp³-hybridized carbons (Fsp3) is 0.786. The third-order valence-corrected chi connectivity index (χ3v) is 12.8. The highest BCUT2D eigenvalue weighted by Gasteiger charge is 2.45. The van der Waals surface area contributed by atoms with Crippen LogP contribution >= 0.6 is 27.3 Å². The summed E-state index contributed by atoms with van der Waals surface area (Å²) in [4.78, 5) is 13.8. The molecule has 0 bridgehead atoms. The zero-order valence-electron chi connectivity index (χ0n) is 31.6. The fourth-order valence-corrected chi connectivity index (χ4v) is 9.62. The molecule has 0 N–H and O–H groups in total. The van der Waals surface area contributed by atoms with Crippen molar-refractivity contribution in [1.82, 2.24) is 0 Å². The van der Waals surface area contributed by atoms with Gasteiger partial charge in [0.25, 0.3) is 0 Å². The number of carbonyl (C=O) groups excluding carboxylic acids is 1. The van der Waals surface area contributed by atoms with E-state index in [0.717, 1.165) is 146 Å². The zero-order chi connectivity index (χ0) is 36.5. The lowest BCUT2D eigenvalue weighted by Gasteiger charge is -2.30. The maximum absolute atomic E-state index is 12.5. The second-order valence-corrected chi connectivity index (χ2v) is 17.8. The molecule has 298 valence electrons. The second-order valence-electron chi connectivity index (χ2n) is 15.3. The molecule has 5 heterocycles. The molecule has 9 nitrogen and oxygen atoms in total. The number of ketones is 1. The topological polar surface area (TPSA) is 90.9 Å². The molecule has 4 saturated heterocycles. The van der Waals surface area contributed by atoms with Gasteiger partial charge in [0.2, 0.25) is 0 Å². The van der Waals surface area contributed by atoms with Gasteiger partial charge in [0.15, 0.2) is 30.9 Å². The molecule has 0 spiro atoms. The van der Waals surface area contributed by atoms with Crippen LogP contribution in [0.3, 0.4) is 0 Å². The molecule has 53 heavy (non-hydrogen) atoms. The van der Waals surface area contributed by atoms with Gasteiger partial charge in [-0.2, -0.15) is 0 Å². The number of halogens is 1. The van der Waals surface area contributed by atoms with E-state index < -0.39 is 0 Å². The lowest BCUT2D eigenvalue weighted by atomic mass is 9.89. The van der Waals surface area contributed by atoms with Gasteiger partial charge in [-0.15, -0.1) is 11.3 Å². The maximum atomic E-state index is 12.5. The fourth-order valence-electron chi connectivity index (χ4n) is 8.12. The Morgan fingerprint density at radius 1 is 0.811 bits per heavy atom. The number of ether oxygens (including phenoxy) is 8. The molecule has 0 radical (unpaired) electrons. The van der Waals surface area contributed by atoms with Crippen molar-refractivity contribution in [3.05, 3.63) is 45.1 Å². The highest BCUT2D eigenvalue weighted by Crippen LogP contribution is 2.42. The van der Waals surface area contributed by atoms with Crippen molar-refractivity contribution < 1.29 is 42.7 Å². The maximum Gasteiger partial charge on any atom is 0.158 e. The van der Waals surface area contributed by atoms with Gasteiger partial charge in [0.05, 0.1) is 22.1 Å². The summed E-state index contributed by atoms with van der Waals surface area (Å²) in [6.45, 7) is 3.12. The van der Waals surface area contributed by atoms with E-state index >= 15 is 0 Å². The molecule has 5 fully saturated rings. The molecular weight excluding hydrogens is 760 g/mol. The van der Waals surface area contributed by atoms with E-state index in [-0.39, 0.29) is 67.7 Å². The Kier molecular flexibility index (Phi) is 18.3. The highest BCUT2D eigenvalue weighted by atomic mass is 79.9. The molecule has 4 unspecified atom stereocenters. The normalized spacial score (nSPS) is 32.1. The molecule has 4 aliphatic heterocycles. The predicted molar refractivity (Wildman–Crippen MR) is 209 cm³/mol. The average molecular weight is 824 g/mol. The number of Topliss-reactive ketones (excluding diaryl/α,β-unsaturated/α-hetero) is 1. The van der Waals surface area contributed by atoms with Crippen LogP contribution in [0.15, 0.2) is 40.2 Å². The number of aryl methyl sites for hydroxylation is 1. The summed E-state index contributed by atoms with van der Waals surface area (Å²) in [5, 5.41) is 0. The third kappa shape index (κ3) is 14.5. The first kappa shape index (κ1) is 41.6. The van der Waals surface area contributed by atoms with Gasteiger partial charge in [-0.25, -0.2) is 0 Å². The summed E-state index contributed by atoms with van der Waals surface area (Å²) < 4.78 is 51.0. The van der Waals surface area contributed by atoms with E-state index in [1.807, 2.05) is 0 Å². The van der Waals surface area contributed by atoms with Crippen molar-refractivity contribution in [2.75, 3.05) is 33.0 Å².